The summed E-state index contributed by atoms with van der Waals surface area (Å²) in [5.74, 6) is 0.0368. The highest BCUT2D eigenvalue weighted by Crippen LogP contribution is 2.18. The average molecular weight is 524 g/mol. The van der Waals surface area contributed by atoms with Gasteiger partial charge >= 0.3 is 5.97 Å². The number of rotatable bonds is 31. The first-order chi connectivity index (χ1) is 18.2. The number of esters is 1. The van der Waals surface area contributed by atoms with Crippen LogP contribution in [-0.4, -0.2) is 31.4 Å². The summed E-state index contributed by atoms with van der Waals surface area (Å²) in [4.78, 5) is 22.8. The van der Waals surface area contributed by atoms with Gasteiger partial charge in [0, 0.05) is 12.8 Å². The number of carbonyl (C=O) groups is 2. The third-order valence-electron chi connectivity index (χ3n) is 7.47. The molecule has 4 nitrogen and oxygen atoms in total. The topological polar surface area (TPSA) is 55.4 Å². The van der Waals surface area contributed by atoms with Crippen LogP contribution in [0.5, 0.6) is 0 Å². The summed E-state index contributed by atoms with van der Waals surface area (Å²) in [5.41, 5.74) is 0. The average Bonchev–Trinajstić information content (AvgIpc) is 2.90. The molecule has 0 spiro atoms. The fourth-order valence-corrected chi connectivity index (χ4v) is 4.99. The molecule has 0 fully saturated rings. The highest BCUT2D eigenvalue weighted by atomic mass is 16.5. The highest BCUT2D eigenvalue weighted by molar-refractivity contribution is 5.69. The molecule has 0 aromatic rings. The highest BCUT2D eigenvalue weighted by Gasteiger charge is 2.14. The third kappa shape index (κ3) is 29.5. The Morgan fingerprint density at radius 1 is 0.595 bits per heavy atom. The third-order valence-corrected chi connectivity index (χ3v) is 7.47. The molecular formula is C33H65NO3. The van der Waals surface area contributed by atoms with Crippen LogP contribution in [0.4, 0.5) is 0 Å². The molecule has 0 aliphatic rings. The van der Waals surface area contributed by atoms with Gasteiger partial charge in [0.05, 0.1) is 0 Å². The van der Waals surface area contributed by atoms with Crippen LogP contribution in [0.3, 0.4) is 0 Å². The summed E-state index contributed by atoms with van der Waals surface area (Å²) in [6, 6.07) is 0. The number of aldehydes is 1. The lowest BCUT2D eigenvalue weighted by atomic mass is 10.0. The number of carbonyl (C=O) groups excluding carboxylic acids is 2. The maximum atomic E-state index is 12.5. The van der Waals surface area contributed by atoms with E-state index in [-0.39, 0.29) is 12.1 Å². The fourth-order valence-electron chi connectivity index (χ4n) is 4.99. The van der Waals surface area contributed by atoms with E-state index in [1.54, 1.807) is 0 Å². The minimum Gasteiger partial charge on any atom is -0.462 e. The molecule has 0 aliphatic heterocycles. The van der Waals surface area contributed by atoms with Gasteiger partial charge in [-0.25, -0.2) is 0 Å². The van der Waals surface area contributed by atoms with Gasteiger partial charge in [-0.15, -0.1) is 0 Å². The lowest BCUT2D eigenvalue weighted by Gasteiger charge is -2.18. The van der Waals surface area contributed by atoms with Crippen LogP contribution in [0.25, 0.3) is 0 Å². The second kappa shape index (κ2) is 31.3. The lowest BCUT2D eigenvalue weighted by Crippen LogP contribution is -2.18. The van der Waals surface area contributed by atoms with E-state index in [1.165, 1.54) is 122 Å². The van der Waals surface area contributed by atoms with Crippen molar-refractivity contribution in [3.05, 3.63) is 0 Å². The summed E-state index contributed by atoms with van der Waals surface area (Å²) in [5, 5.41) is 3.55. The Bertz CT molecular complexity index is 452. The Kier molecular flexibility index (Phi) is 30.6. The molecule has 4 heteroatoms. The van der Waals surface area contributed by atoms with Crippen molar-refractivity contribution in [2.45, 2.75) is 187 Å². The van der Waals surface area contributed by atoms with Gasteiger partial charge in [0.25, 0.3) is 0 Å². The van der Waals surface area contributed by atoms with Crippen LogP contribution in [0.1, 0.15) is 181 Å². The van der Waals surface area contributed by atoms with E-state index in [9.17, 15) is 9.59 Å². The minimum absolute atomic E-state index is 0.0368. The van der Waals surface area contributed by atoms with Crippen molar-refractivity contribution in [3.8, 4) is 0 Å². The second-order valence-corrected chi connectivity index (χ2v) is 11.2. The van der Waals surface area contributed by atoms with Crippen LogP contribution in [0.15, 0.2) is 0 Å². The zero-order valence-corrected chi connectivity index (χ0v) is 25.2. The zero-order valence-electron chi connectivity index (χ0n) is 25.2. The van der Waals surface area contributed by atoms with Gasteiger partial charge in [-0.3, -0.25) is 4.79 Å². The van der Waals surface area contributed by atoms with Gasteiger partial charge in [-0.1, -0.05) is 117 Å². The molecule has 0 atom stereocenters. The van der Waals surface area contributed by atoms with Crippen molar-refractivity contribution in [3.63, 3.8) is 0 Å². The number of nitrogens with one attached hydrogen (secondary N) is 1. The van der Waals surface area contributed by atoms with Crippen molar-refractivity contribution in [2.24, 2.45) is 0 Å². The Hall–Kier alpha value is -0.900. The predicted molar refractivity (Wildman–Crippen MR) is 160 cm³/mol. The molecule has 0 saturated heterocycles. The van der Waals surface area contributed by atoms with Crippen molar-refractivity contribution >= 4 is 12.3 Å². The van der Waals surface area contributed by atoms with E-state index < -0.39 is 0 Å². The van der Waals surface area contributed by atoms with E-state index in [4.69, 9.17) is 4.74 Å². The zero-order chi connectivity index (χ0) is 27.1. The van der Waals surface area contributed by atoms with Crippen LogP contribution in [0.2, 0.25) is 0 Å². The van der Waals surface area contributed by atoms with Gasteiger partial charge in [0.2, 0.25) is 0 Å². The lowest BCUT2D eigenvalue weighted by molar-refractivity contribution is -0.150. The quantitative estimate of drug-likeness (QED) is 0.0558. The monoisotopic (exact) mass is 523 g/mol. The smallest absolute Gasteiger partial charge is 0.306 e. The normalized spacial score (nSPS) is 11.3. The Balaban J connectivity index is 3.78. The second-order valence-electron chi connectivity index (χ2n) is 11.2. The van der Waals surface area contributed by atoms with Crippen LogP contribution < -0.4 is 5.32 Å². The number of hydrogen-bond donors (Lipinski definition) is 1. The number of unbranched alkanes of at least 4 members (excludes halogenated alkanes) is 19. The van der Waals surface area contributed by atoms with Crippen LogP contribution in [-0.2, 0) is 14.3 Å². The molecule has 0 aliphatic carbocycles. The molecule has 0 bridgehead atoms. The standard InChI is InChI=1S/C33H65NO3/c1-3-5-7-9-14-20-26-32(27-21-15-10-8-6-4-2)37-33(36)28-22-16-13-18-24-30-34-29-23-17-11-12-19-25-31-35/h31-32,34H,3-30H2,1-2H3. The Morgan fingerprint density at radius 3 is 1.54 bits per heavy atom. The molecule has 0 heterocycles. The van der Waals surface area contributed by atoms with Crippen molar-refractivity contribution in [2.75, 3.05) is 13.1 Å². The van der Waals surface area contributed by atoms with Gasteiger partial charge in [-0.2, -0.15) is 0 Å². The fraction of sp³-hybridized carbons (Fsp3) is 0.939. The van der Waals surface area contributed by atoms with E-state index in [0.29, 0.717) is 6.42 Å². The molecule has 0 unspecified atom stereocenters. The first kappa shape index (κ1) is 36.1. The summed E-state index contributed by atoms with van der Waals surface area (Å²) < 4.78 is 5.96. The first-order valence-electron chi connectivity index (χ1n) is 16.6. The van der Waals surface area contributed by atoms with Gasteiger partial charge in [0.15, 0.2) is 0 Å². The largest absolute Gasteiger partial charge is 0.462 e. The van der Waals surface area contributed by atoms with E-state index in [1.807, 2.05) is 0 Å². The van der Waals surface area contributed by atoms with E-state index >= 15 is 0 Å². The molecule has 0 radical (unpaired) electrons. The summed E-state index contributed by atoms with van der Waals surface area (Å²) >= 11 is 0. The van der Waals surface area contributed by atoms with Crippen molar-refractivity contribution in [1.82, 2.24) is 5.32 Å². The SMILES string of the molecule is CCCCCCCCC(CCCCCCCC)OC(=O)CCCCCCCNCCCCCCCC=O. The van der Waals surface area contributed by atoms with Gasteiger partial charge < -0.3 is 14.8 Å². The van der Waals surface area contributed by atoms with Gasteiger partial charge in [0.1, 0.15) is 12.4 Å². The van der Waals surface area contributed by atoms with Gasteiger partial charge in [-0.05, 0) is 64.5 Å². The summed E-state index contributed by atoms with van der Waals surface area (Å²) in [7, 11) is 0. The molecule has 0 aromatic heterocycles. The molecule has 37 heavy (non-hydrogen) atoms. The predicted octanol–water partition coefficient (Wildman–Crippen LogP) is 9.87. The van der Waals surface area contributed by atoms with Crippen molar-refractivity contribution in [1.29, 1.82) is 0 Å². The van der Waals surface area contributed by atoms with E-state index in [2.05, 4.69) is 19.2 Å². The Morgan fingerprint density at radius 2 is 1.03 bits per heavy atom. The molecular weight excluding hydrogens is 458 g/mol. The molecule has 0 aromatic carbocycles. The molecule has 0 saturated carbocycles. The molecule has 220 valence electrons. The number of hydrogen-bond acceptors (Lipinski definition) is 4. The summed E-state index contributed by atoms with van der Waals surface area (Å²) in [6.45, 7) is 6.74. The van der Waals surface area contributed by atoms with E-state index in [0.717, 1.165) is 57.9 Å². The molecule has 0 amide bonds. The number of ether oxygens (including phenoxy) is 1. The summed E-state index contributed by atoms with van der Waals surface area (Å²) in [6.07, 6.45) is 31.9. The molecule has 1 N–H and O–H groups in total. The maximum absolute atomic E-state index is 12.5. The minimum atomic E-state index is 0.0368. The maximum Gasteiger partial charge on any atom is 0.306 e. The molecule has 0 rings (SSSR count). The van der Waals surface area contributed by atoms with Crippen molar-refractivity contribution < 1.29 is 14.3 Å². The first-order valence-corrected chi connectivity index (χ1v) is 16.6. The Labute approximate surface area is 231 Å². The van der Waals surface area contributed by atoms with Crippen LogP contribution in [0, 0.1) is 0 Å². The van der Waals surface area contributed by atoms with Crippen LogP contribution >= 0.6 is 0 Å².